The lowest BCUT2D eigenvalue weighted by molar-refractivity contribution is -0.130. The summed E-state index contributed by atoms with van der Waals surface area (Å²) in [5.74, 6) is -0.411. The minimum atomic E-state index is -1.22. The highest BCUT2D eigenvalue weighted by molar-refractivity contribution is 5.82. The van der Waals surface area contributed by atoms with Crippen LogP contribution in [0.4, 0.5) is 5.69 Å². The number of hydrogen-bond donors (Lipinski definition) is 3. The first kappa shape index (κ1) is 17.7. The van der Waals surface area contributed by atoms with E-state index < -0.39 is 18.1 Å². The first-order valence-corrected chi connectivity index (χ1v) is 8.60. The van der Waals surface area contributed by atoms with Crippen LogP contribution in [0.5, 0.6) is 0 Å². The van der Waals surface area contributed by atoms with E-state index in [1.165, 1.54) is 0 Å². The highest BCUT2D eigenvalue weighted by atomic mass is 16.3. The summed E-state index contributed by atoms with van der Waals surface area (Å²) < 4.78 is 0. The zero-order valence-corrected chi connectivity index (χ0v) is 14.4. The molecule has 0 aliphatic carbocycles. The largest absolute Gasteiger partial charge is 0.381 e. The van der Waals surface area contributed by atoms with Crippen LogP contribution in [-0.2, 0) is 11.3 Å². The van der Waals surface area contributed by atoms with Crippen LogP contribution >= 0.6 is 0 Å². The van der Waals surface area contributed by atoms with Gasteiger partial charge in [-0.2, -0.15) is 0 Å². The van der Waals surface area contributed by atoms with Crippen molar-refractivity contribution in [3.63, 3.8) is 0 Å². The number of para-hydroxylation sites is 1. The van der Waals surface area contributed by atoms with Crippen molar-refractivity contribution in [1.29, 1.82) is 0 Å². The number of benzene rings is 3. The van der Waals surface area contributed by atoms with Gasteiger partial charge in [0, 0.05) is 12.2 Å². The monoisotopic (exact) mass is 346 g/mol. The number of anilines is 1. The van der Waals surface area contributed by atoms with Gasteiger partial charge in [0.1, 0.15) is 0 Å². The molecule has 0 unspecified atom stereocenters. The summed E-state index contributed by atoms with van der Waals surface area (Å²) in [6, 6.07) is 28.1. The number of nitrogens with one attached hydrogen (secondary N) is 2. The average molecular weight is 346 g/mol. The van der Waals surface area contributed by atoms with Crippen molar-refractivity contribution in [2.75, 3.05) is 5.32 Å². The molecule has 132 valence electrons. The maximum absolute atomic E-state index is 12.5. The number of hydrogen-bond acceptors (Lipinski definition) is 3. The van der Waals surface area contributed by atoms with Gasteiger partial charge >= 0.3 is 0 Å². The zero-order valence-electron chi connectivity index (χ0n) is 14.4. The van der Waals surface area contributed by atoms with Crippen LogP contribution in [0.15, 0.2) is 91.0 Å². The van der Waals surface area contributed by atoms with Gasteiger partial charge in [0.25, 0.3) is 5.91 Å². The van der Waals surface area contributed by atoms with E-state index in [2.05, 4.69) is 10.6 Å². The fraction of sp³-hybridized carbons (Fsp3) is 0.136. The third-order valence-electron chi connectivity index (χ3n) is 4.15. The highest BCUT2D eigenvalue weighted by Gasteiger charge is 2.27. The van der Waals surface area contributed by atoms with E-state index in [0.29, 0.717) is 6.54 Å². The Labute approximate surface area is 153 Å². The molecule has 4 heteroatoms. The summed E-state index contributed by atoms with van der Waals surface area (Å²) in [5.41, 5.74) is 2.68. The van der Waals surface area contributed by atoms with Crippen molar-refractivity contribution >= 4 is 11.6 Å². The molecule has 3 N–H and O–H groups in total. The van der Waals surface area contributed by atoms with Crippen LogP contribution in [0.2, 0.25) is 0 Å². The Morgan fingerprint density at radius 2 is 1.35 bits per heavy atom. The second kappa shape index (κ2) is 8.83. The SMILES string of the molecule is O=C(NCc1ccccc1)[C@@H](O)[C@H](Nc1ccccc1)c1ccccc1. The van der Waals surface area contributed by atoms with Crippen molar-refractivity contribution in [2.24, 2.45) is 0 Å². The predicted octanol–water partition coefficient (Wildman–Crippen LogP) is 3.52. The van der Waals surface area contributed by atoms with Gasteiger partial charge in [0.2, 0.25) is 0 Å². The molecule has 0 aromatic heterocycles. The predicted molar refractivity (Wildman–Crippen MR) is 104 cm³/mol. The number of aliphatic hydroxyl groups excluding tert-OH is 1. The summed E-state index contributed by atoms with van der Waals surface area (Å²) >= 11 is 0. The molecule has 0 heterocycles. The van der Waals surface area contributed by atoms with E-state index in [1.807, 2.05) is 91.0 Å². The van der Waals surface area contributed by atoms with Gasteiger partial charge in [-0.25, -0.2) is 0 Å². The van der Waals surface area contributed by atoms with E-state index in [4.69, 9.17) is 0 Å². The van der Waals surface area contributed by atoms with E-state index in [9.17, 15) is 9.90 Å². The Morgan fingerprint density at radius 3 is 1.96 bits per heavy atom. The summed E-state index contributed by atoms with van der Waals surface area (Å²) in [6.07, 6.45) is -1.22. The van der Waals surface area contributed by atoms with Gasteiger partial charge in [-0.15, -0.1) is 0 Å². The van der Waals surface area contributed by atoms with Crippen molar-refractivity contribution < 1.29 is 9.90 Å². The molecule has 0 saturated heterocycles. The third kappa shape index (κ3) is 4.71. The van der Waals surface area contributed by atoms with E-state index >= 15 is 0 Å². The lowest BCUT2D eigenvalue weighted by atomic mass is 10.00. The zero-order chi connectivity index (χ0) is 18.2. The molecule has 3 rings (SSSR count). The van der Waals surface area contributed by atoms with Crippen LogP contribution < -0.4 is 10.6 Å². The summed E-state index contributed by atoms with van der Waals surface area (Å²) in [4.78, 5) is 12.5. The Hall–Kier alpha value is -3.11. The normalized spacial score (nSPS) is 12.8. The smallest absolute Gasteiger partial charge is 0.251 e. The average Bonchev–Trinajstić information content (AvgIpc) is 2.72. The highest BCUT2D eigenvalue weighted by Crippen LogP contribution is 2.23. The maximum atomic E-state index is 12.5. The Bertz CT molecular complexity index is 807. The molecule has 0 spiro atoms. The first-order chi connectivity index (χ1) is 12.7. The number of carbonyl (C=O) groups is 1. The molecule has 2 atom stereocenters. The molecular weight excluding hydrogens is 324 g/mol. The summed E-state index contributed by atoms with van der Waals surface area (Å²) in [6.45, 7) is 0.379. The van der Waals surface area contributed by atoms with E-state index in [0.717, 1.165) is 16.8 Å². The molecule has 0 fully saturated rings. The van der Waals surface area contributed by atoms with Gasteiger partial charge in [0.15, 0.2) is 6.10 Å². The van der Waals surface area contributed by atoms with Crippen molar-refractivity contribution in [2.45, 2.75) is 18.7 Å². The number of carbonyl (C=O) groups excluding carboxylic acids is 1. The minimum absolute atomic E-state index is 0.379. The molecule has 3 aromatic carbocycles. The summed E-state index contributed by atoms with van der Waals surface area (Å²) in [7, 11) is 0. The molecule has 26 heavy (non-hydrogen) atoms. The van der Waals surface area contributed by atoms with E-state index in [-0.39, 0.29) is 0 Å². The van der Waals surface area contributed by atoms with Crippen molar-refractivity contribution in [1.82, 2.24) is 5.32 Å². The van der Waals surface area contributed by atoms with Crippen LogP contribution in [0.25, 0.3) is 0 Å². The van der Waals surface area contributed by atoms with Gasteiger partial charge in [-0.3, -0.25) is 4.79 Å². The Balaban J connectivity index is 1.73. The summed E-state index contributed by atoms with van der Waals surface area (Å²) in [5, 5.41) is 16.8. The molecule has 1 amide bonds. The molecule has 3 aromatic rings. The Morgan fingerprint density at radius 1 is 0.808 bits per heavy atom. The fourth-order valence-corrected chi connectivity index (χ4v) is 2.76. The van der Waals surface area contributed by atoms with Crippen LogP contribution in [0, 0.1) is 0 Å². The van der Waals surface area contributed by atoms with E-state index in [1.54, 1.807) is 0 Å². The van der Waals surface area contributed by atoms with Gasteiger partial charge in [-0.1, -0.05) is 78.9 Å². The lowest BCUT2D eigenvalue weighted by Crippen LogP contribution is -2.40. The molecular formula is C22H22N2O2. The van der Waals surface area contributed by atoms with Gasteiger partial charge in [0.05, 0.1) is 6.04 Å². The second-order valence-corrected chi connectivity index (χ2v) is 6.05. The van der Waals surface area contributed by atoms with Gasteiger partial charge in [-0.05, 0) is 23.3 Å². The topological polar surface area (TPSA) is 61.4 Å². The van der Waals surface area contributed by atoms with Gasteiger partial charge < -0.3 is 15.7 Å². The Kier molecular flexibility index (Phi) is 6.01. The standard InChI is InChI=1S/C22H22N2O2/c25-21(22(26)23-16-17-10-4-1-5-11-17)20(18-12-6-2-7-13-18)24-19-14-8-3-9-15-19/h1-15,20-21,24-25H,16H2,(H,23,26)/t20-,21+/m1/s1. The molecule has 0 saturated carbocycles. The molecule has 4 nitrogen and oxygen atoms in total. The minimum Gasteiger partial charge on any atom is -0.381 e. The van der Waals surface area contributed by atoms with Crippen molar-refractivity contribution in [3.05, 3.63) is 102 Å². The number of rotatable bonds is 7. The number of aliphatic hydroxyl groups is 1. The van der Waals surface area contributed by atoms with Crippen LogP contribution in [-0.4, -0.2) is 17.1 Å². The quantitative estimate of drug-likeness (QED) is 0.613. The molecule has 0 bridgehead atoms. The lowest BCUT2D eigenvalue weighted by Gasteiger charge is -2.25. The van der Waals surface area contributed by atoms with Crippen LogP contribution in [0.1, 0.15) is 17.2 Å². The molecule has 0 radical (unpaired) electrons. The van der Waals surface area contributed by atoms with Crippen molar-refractivity contribution in [3.8, 4) is 0 Å². The molecule has 0 aliphatic rings. The maximum Gasteiger partial charge on any atom is 0.251 e. The van der Waals surface area contributed by atoms with Crippen LogP contribution in [0.3, 0.4) is 0 Å². The molecule has 0 aliphatic heterocycles. The number of amides is 1. The third-order valence-corrected chi connectivity index (χ3v) is 4.15. The second-order valence-electron chi connectivity index (χ2n) is 6.05. The fourth-order valence-electron chi connectivity index (χ4n) is 2.76. The first-order valence-electron chi connectivity index (χ1n) is 8.60.